The number of hydrogen-bond donors (Lipinski definition) is 1. The third kappa shape index (κ3) is 5.16. The van der Waals surface area contributed by atoms with E-state index in [4.69, 9.17) is 0 Å². The molecule has 10 nitrogen and oxygen atoms in total. The van der Waals surface area contributed by atoms with Gasteiger partial charge in [0.1, 0.15) is 16.2 Å². The van der Waals surface area contributed by atoms with Gasteiger partial charge in [0.15, 0.2) is 0 Å². The normalized spacial score (nSPS) is 18.6. The van der Waals surface area contributed by atoms with Crippen molar-refractivity contribution in [2.24, 2.45) is 0 Å². The standard InChI is InChI=1S/C30H34N6O4S.H2S/c1-4-36-26-12-11-24(20(3)29(26)32-33-36)25(16-28(37)38)21-10-9-19(2)22(15-21)17-34-18-23-7-6-14-35(23)30-27(41(34,39)40)8-5-13-31-30;/h5,8-13,15,23,25H,4,6-7,14,16-18H2,1-3H3,(H,37,38);1H2/t23-,25-;/m0./s1. The van der Waals surface area contributed by atoms with E-state index >= 15 is 0 Å². The summed E-state index contributed by atoms with van der Waals surface area (Å²) in [4.78, 5) is 18.9. The number of aromatic nitrogens is 4. The highest BCUT2D eigenvalue weighted by Crippen LogP contribution is 2.38. The molecule has 2 aliphatic rings. The molecule has 0 aliphatic carbocycles. The summed E-state index contributed by atoms with van der Waals surface area (Å²) in [7, 11) is -3.79. The van der Waals surface area contributed by atoms with Gasteiger partial charge in [-0.15, -0.1) is 5.10 Å². The van der Waals surface area contributed by atoms with Crippen LogP contribution < -0.4 is 4.90 Å². The number of fused-ring (bicyclic) bond motifs is 4. The molecule has 2 atom stereocenters. The second kappa shape index (κ2) is 11.7. The zero-order valence-corrected chi connectivity index (χ0v) is 25.8. The molecule has 2 aromatic carbocycles. The van der Waals surface area contributed by atoms with Crippen molar-refractivity contribution in [3.05, 3.63) is 76.5 Å². The number of anilines is 1. The Hall–Kier alpha value is -3.48. The predicted molar refractivity (Wildman–Crippen MR) is 166 cm³/mol. The van der Waals surface area contributed by atoms with E-state index in [2.05, 4.69) is 20.2 Å². The molecule has 1 saturated heterocycles. The SMILES string of the molecule is CCn1nnc2c(C)c([C@@H](CC(=O)O)c3ccc(C)c(CN4C[C@@H]5CCCN5c5ncccc5S4(=O)=O)c3)ccc21.S. The number of sulfonamides is 1. The van der Waals surface area contributed by atoms with Crippen LogP contribution in [0.4, 0.5) is 5.82 Å². The number of carboxylic acids is 1. The zero-order valence-electron chi connectivity index (χ0n) is 24.0. The first kappa shape index (κ1) is 30.0. The van der Waals surface area contributed by atoms with Gasteiger partial charge in [-0.2, -0.15) is 17.8 Å². The number of benzene rings is 2. The van der Waals surface area contributed by atoms with E-state index in [9.17, 15) is 18.3 Å². The van der Waals surface area contributed by atoms with Crippen LogP contribution in [0.25, 0.3) is 11.0 Å². The number of hydrogen-bond acceptors (Lipinski definition) is 7. The molecule has 222 valence electrons. The minimum Gasteiger partial charge on any atom is -0.481 e. The lowest BCUT2D eigenvalue weighted by Gasteiger charge is -2.26. The van der Waals surface area contributed by atoms with Crippen LogP contribution in [-0.4, -0.2) is 62.9 Å². The van der Waals surface area contributed by atoms with Crippen LogP contribution in [0.3, 0.4) is 0 Å². The molecule has 0 bridgehead atoms. The van der Waals surface area contributed by atoms with Gasteiger partial charge >= 0.3 is 5.97 Å². The Balaban J connectivity index is 0.00000353. The molecule has 2 aromatic heterocycles. The fourth-order valence-electron chi connectivity index (χ4n) is 6.37. The molecule has 4 heterocycles. The van der Waals surface area contributed by atoms with Crippen molar-refractivity contribution in [2.75, 3.05) is 18.0 Å². The van der Waals surface area contributed by atoms with Gasteiger partial charge in [-0.25, -0.2) is 18.1 Å². The molecule has 42 heavy (non-hydrogen) atoms. The Labute approximate surface area is 252 Å². The fraction of sp³-hybridized carbons (Fsp3) is 0.400. The van der Waals surface area contributed by atoms with Gasteiger partial charge in [-0.3, -0.25) is 4.79 Å². The number of nitrogens with zero attached hydrogens (tertiary/aromatic N) is 6. The van der Waals surface area contributed by atoms with Crippen molar-refractivity contribution < 1.29 is 18.3 Å². The lowest BCUT2D eigenvalue weighted by molar-refractivity contribution is -0.137. The molecule has 0 spiro atoms. The lowest BCUT2D eigenvalue weighted by Crippen LogP contribution is -2.39. The number of carbonyl (C=O) groups is 1. The van der Waals surface area contributed by atoms with Crippen LogP contribution in [0.1, 0.15) is 59.9 Å². The zero-order chi connectivity index (χ0) is 28.9. The largest absolute Gasteiger partial charge is 0.481 e. The van der Waals surface area contributed by atoms with Gasteiger partial charge in [0.2, 0.25) is 10.0 Å². The highest BCUT2D eigenvalue weighted by molar-refractivity contribution is 7.89. The summed E-state index contributed by atoms with van der Waals surface area (Å²) >= 11 is 0. The van der Waals surface area contributed by atoms with Crippen molar-refractivity contribution in [3.63, 3.8) is 0 Å². The molecule has 0 radical (unpaired) electrons. The van der Waals surface area contributed by atoms with Crippen molar-refractivity contribution in [2.45, 2.75) is 70.0 Å². The summed E-state index contributed by atoms with van der Waals surface area (Å²) in [5.41, 5.74) is 6.09. The van der Waals surface area contributed by atoms with Gasteiger partial charge in [0.05, 0.1) is 11.9 Å². The fourth-order valence-corrected chi connectivity index (χ4v) is 7.98. The summed E-state index contributed by atoms with van der Waals surface area (Å²) in [5.74, 6) is -0.802. The van der Waals surface area contributed by atoms with Crippen molar-refractivity contribution in [3.8, 4) is 0 Å². The van der Waals surface area contributed by atoms with E-state index < -0.39 is 21.9 Å². The van der Waals surface area contributed by atoms with Crippen LogP contribution in [0.2, 0.25) is 0 Å². The first-order valence-corrected chi connectivity index (χ1v) is 15.5. The molecule has 4 aromatic rings. The highest BCUT2D eigenvalue weighted by atomic mass is 32.2. The van der Waals surface area contributed by atoms with E-state index in [0.29, 0.717) is 18.9 Å². The van der Waals surface area contributed by atoms with Gasteiger partial charge in [-0.1, -0.05) is 29.5 Å². The number of pyridine rings is 1. The van der Waals surface area contributed by atoms with Crippen molar-refractivity contribution in [1.29, 1.82) is 0 Å². The Morgan fingerprint density at radius 3 is 2.74 bits per heavy atom. The van der Waals surface area contributed by atoms with E-state index in [1.54, 1.807) is 22.6 Å². The Bertz CT molecular complexity index is 1760. The van der Waals surface area contributed by atoms with Crippen LogP contribution in [0.15, 0.2) is 53.6 Å². The number of aliphatic carboxylic acids is 1. The van der Waals surface area contributed by atoms with Crippen molar-refractivity contribution >= 4 is 46.3 Å². The molecule has 6 rings (SSSR count). The van der Waals surface area contributed by atoms with Crippen LogP contribution >= 0.6 is 13.5 Å². The summed E-state index contributed by atoms with van der Waals surface area (Å²) in [5, 5.41) is 18.5. The maximum atomic E-state index is 13.9. The van der Waals surface area contributed by atoms with E-state index in [1.165, 1.54) is 0 Å². The first-order valence-electron chi connectivity index (χ1n) is 14.0. The molecule has 0 saturated carbocycles. The average Bonchev–Trinajstić information content (AvgIpc) is 3.58. The van der Waals surface area contributed by atoms with Crippen LogP contribution in [0, 0.1) is 13.8 Å². The maximum Gasteiger partial charge on any atom is 0.304 e. The Morgan fingerprint density at radius 1 is 1.17 bits per heavy atom. The lowest BCUT2D eigenvalue weighted by atomic mass is 9.84. The Morgan fingerprint density at radius 2 is 1.98 bits per heavy atom. The molecule has 1 N–H and O–H groups in total. The molecular formula is C30H36N6O4S2. The molecular weight excluding hydrogens is 573 g/mol. The van der Waals surface area contributed by atoms with Gasteiger partial charge in [0.25, 0.3) is 0 Å². The van der Waals surface area contributed by atoms with Crippen LogP contribution in [-0.2, 0) is 27.9 Å². The molecule has 0 unspecified atom stereocenters. The Kier molecular flexibility index (Phi) is 8.32. The predicted octanol–water partition coefficient (Wildman–Crippen LogP) is 4.36. The third-order valence-corrected chi connectivity index (χ3v) is 10.4. The number of carboxylic acid groups (broad SMARTS) is 1. The highest BCUT2D eigenvalue weighted by Gasteiger charge is 2.40. The summed E-state index contributed by atoms with van der Waals surface area (Å²) in [6, 6.07) is 13.2. The van der Waals surface area contributed by atoms with Gasteiger partial charge < -0.3 is 10.0 Å². The van der Waals surface area contributed by atoms with E-state index in [0.717, 1.165) is 58.2 Å². The first-order chi connectivity index (χ1) is 19.7. The van der Waals surface area contributed by atoms with E-state index in [-0.39, 0.29) is 37.4 Å². The molecule has 2 aliphatic heterocycles. The second-order valence-corrected chi connectivity index (χ2v) is 12.9. The summed E-state index contributed by atoms with van der Waals surface area (Å²) in [6.07, 6.45) is 3.45. The quantitative estimate of drug-likeness (QED) is 0.329. The minimum absolute atomic E-state index is 0. The molecule has 1 fully saturated rings. The average molecular weight is 609 g/mol. The minimum atomic E-state index is -3.79. The van der Waals surface area contributed by atoms with Crippen molar-refractivity contribution in [1.82, 2.24) is 24.3 Å². The van der Waals surface area contributed by atoms with E-state index in [1.807, 2.05) is 55.8 Å². The van der Waals surface area contributed by atoms with Gasteiger partial charge in [-0.05, 0) is 79.6 Å². The van der Waals surface area contributed by atoms with Crippen LogP contribution in [0.5, 0.6) is 0 Å². The second-order valence-electron chi connectivity index (χ2n) is 11.0. The third-order valence-electron chi connectivity index (χ3n) is 8.59. The monoisotopic (exact) mass is 608 g/mol. The summed E-state index contributed by atoms with van der Waals surface area (Å²) in [6.45, 7) is 7.98. The van der Waals surface area contributed by atoms with Gasteiger partial charge in [0, 0.05) is 44.3 Å². The number of aryl methyl sites for hydroxylation is 3. The molecule has 12 heteroatoms. The summed E-state index contributed by atoms with van der Waals surface area (Å²) < 4.78 is 31.2. The topological polar surface area (TPSA) is 122 Å². The smallest absolute Gasteiger partial charge is 0.304 e. The molecule has 0 amide bonds. The number of rotatable bonds is 7. The maximum absolute atomic E-state index is 13.9.